The second-order valence-corrected chi connectivity index (χ2v) is 7.44. The van der Waals surface area contributed by atoms with E-state index in [2.05, 4.69) is 5.32 Å². The van der Waals surface area contributed by atoms with E-state index in [0.717, 1.165) is 11.1 Å². The third kappa shape index (κ3) is 3.37. The molecule has 3 aromatic carbocycles. The number of hydrogen-bond donors (Lipinski definition) is 1. The van der Waals surface area contributed by atoms with E-state index in [1.165, 1.54) is 0 Å². The third-order valence-corrected chi connectivity index (χ3v) is 5.37. The third-order valence-electron chi connectivity index (χ3n) is 4.63. The lowest BCUT2D eigenvalue weighted by Gasteiger charge is -2.15. The molecule has 0 spiro atoms. The Morgan fingerprint density at radius 1 is 0.929 bits per heavy atom. The average Bonchev–Trinajstić information content (AvgIpc) is 2.68. The van der Waals surface area contributed by atoms with Crippen molar-refractivity contribution in [1.29, 1.82) is 0 Å². The summed E-state index contributed by atoms with van der Waals surface area (Å²) in [5, 5.41) is 4.81. The smallest absolute Gasteiger partial charge is 0.244 e. The molecule has 1 N–H and O–H groups in total. The fourth-order valence-corrected chi connectivity index (χ4v) is 3.63. The van der Waals surface area contributed by atoms with Gasteiger partial charge in [0, 0.05) is 16.5 Å². The van der Waals surface area contributed by atoms with E-state index in [1.807, 2.05) is 47.9 Å². The van der Waals surface area contributed by atoms with Crippen LogP contribution in [-0.2, 0) is 11.3 Å². The minimum absolute atomic E-state index is 0.0320. The number of hydrogen-bond acceptors (Lipinski definition) is 2. The van der Waals surface area contributed by atoms with Crippen LogP contribution in [0, 0.1) is 6.92 Å². The number of benzene rings is 3. The fraction of sp³-hybridized carbons (Fsp3) is 0.0909. The number of halogens is 2. The number of pyridine rings is 1. The fourth-order valence-electron chi connectivity index (χ4n) is 3.33. The second kappa shape index (κ2) is 7.30. The van der Waals surface area contributed by atoms with E-state index in [9.17, 15) is 9.59 Å². The number of aryl methyl sites for hydroxylation is 1. The van der Waals surface area contributed by atoms with Gasteiger partial charge in [0.25, 0.3) is 0 Å². The largest absolute Gasteiger partial charge is 0.331 e. The first kappa shape index (κ1) is 18.5. The summed E-state index contributed by atoms with van der Waals surface area (Å²) in [5.41, 5.74) is 2.96. The average molecular weight is 411 g/mol. The Morgan fingerprint density at radius 2 is 1.68 bits per heavy atom. The van der Waals surface area contributed by atoms with E-state index in [1.54, 1.807) is 24.3 Å². The van der Waals surface area contributed by atoms with E-state index < -0.39 is 0 Å². The van der Waals surface area contributed by atoms with E-state index in [4.69, 9.17) is 23.2 Å². The Balaban J connectivity index is 1.80. The van der Waals surface area contributed by atoms with Crippen molar-refractivity contribution in [2.45, 2.75) is 13.5 Å². The molecule has 4 aromatic rings. The summed E-state index contributed by atoms with van der Waals surface area (Å²) in [6, 6.07) is 17.9. The molecule has 1 amide bonds. The van der Waals surface area contributed by atoms with Crippen LogP contribution in [-0.4, -0.2) is 10.5 Å². The van der Waals surface area contributed by atoms with Gasteiger partial charge in [0.2, 0.25) is 5.91 Å². The van der Waals surface area contributed by atoms with Gasteiger partial charge in [-0.1, -0.05) is 47.0 Å². The van der Waals surface area contributed by atoms with Crippen LogP contribution in [0.2, 0.25) is 10.0 Å². The molecule has 0 saturated heterocycles. The van der Waals surface area contributed by atoms with Crippen LogP contribution in [0.25, 0.3) is 21.8 Å². The van der Waals surface area contributed by atoms with Gasteiger partial charge >= 0.3 is 0 Å². The van der Waals surface area contributed by atoms with Crippen molar-refractivity contribution >= 4 is 56.6 Å². The maximum atomic E-state index is 12.9. The highest BCUT2D eigenvalue weighted by atomic mass is 35.5. The Bertz CT molecular complexity index is 1300. The first-order chi connectivity index (χ1) is 13.4. The Hall–Kier alpha value is -2.82. The van der Waals surface area contributed by atoms with Crippen molar-refractivity contribution in [1.82, 2.24) is 4.57 Å². The van der Waals surface area contributed by atoms with Crippen LogP contribution in [0.15, 0.2) is 65.5 Å². The highest BCUT2D eigenvalue weighted by Gasteiger charge is 2.13. The number of nitrogens with one attached hydrogen (secondary N) is 1. The van der Waals surface area contributed by atoms with Crippen molar-refractivity contribution in [3.8, 4) is 0 Å². The standard InChI is InChI=1S/C22H16Cl2N2O2/c1-13-6-9-20-16(10-13)22(28)15-4-2-3-5-19(15)26(20)12-21(27)25-14-7-8-17(23)18(24)11-14/h2-11H,12H2,1H3,(H,25,27). The van der Waals surface area contributed by atoms with Gasteiger partial charge in [0.15, 0.2) is 5.43 Å². The summed E-state index contributed by atoms with van der Waals surface area (Å²) in [6.07, 6.45) is 0. The zero-order valence-corrected chi connectivity index (χ0v) is 16.5. The predicted octanol–water partition coefficient (Wildman–Crippen LogP) is 5.41. The number of aromatic nitrogens is 1. The molecule has 0 aliphatic carbocycles. The summed E-state index contributed by atoms with van der Waals surface area (Å²) in [4.78, 5) is 25.6. The number of carbonyl (C=O) groups excluding carboxylic acids is 1. The van der Waals surface area contributed by atoms with Gasteiger partial charge in [-0.2, -0.15) is 0 Å². The molecule has 6 heteroatoms. The van der Waals surface area contributed by atoms with Crippen molar-refractivity contribution in [3.63, 3.8) is 0 Å². The van der Waals surface area contributed by atoms with Gasteiger partial charge in [0.1, 0.15) is 6.54 Å². The lowest BCUT2D eigenvalue weighted by Crippen LogP contribution is -2.21. The monoisotopic (exact) mass is 410 g/mol. The maximum Gasteiger partial charge on any atom is 0.244 e. The van der Waals surface area contributed by atoms with Crippen LogP contribution in [0.1, 0.15) is 5.56 Å². The van der Waals surface area contributed by atoms with E-state index in [-0.39, 0.29) is 17.9 Å². The molecular weight excluding hydrogens is 395 g/mol. The summed E-state index contributed by atoms with van der Waals surface area (Å²) < 4.78 is 1.86. The van der Waals surface area contributed by atoms with Crippen LogP contribution in [0.5, 0.6) is 0 Å². The van der Waals surface area contributed by atoms with Gasteiger partial charge in [0.05, 0.1) is 21.1 Å². The maximum absolute atomic E-state index is 12.9. The van der Waals surface area contributed by atoms with E-state index >= 15 is 0 Å². The predicted molar refractivity (Wildman–Crippen MR) is 116 cm³/mol. The molecular formula is C22H16Cl2N2O2. The lowest BCUT2D eigenvalue weighted by molar-refractivity contribution is -0.116. The molecule has 0 aliphatic rings. The quantitative estimate of drug-likeness (QED) is 0.459. The SMILES string of the molecule is Cc1ccc2c(c1)c(=O)c1ccccc1n2CC(=O)Nc1ccc(Cl)c(Cl)c1. The number of amides is 1. The van der Waals surface area contributed by atoms with Gasteiger partial charge in [-0.3, -0.25) is 9.59 Å². The molecule has 28 heavy (non-hydrogen) atoms. The van der Waals surface area contributed by atoms with Gasteiger partial charge in [-0.15, -0.1) is 0 Å². The van der Waals surface area contributed by atoms with Crippen LogP contribution >= 0.6 is 23.2 Å². The highest BCUT2D eigenvalue weighted by molar-refractivity contribution is 6.42. The first-order valence-corrected chi connectivity index (χ1v) is 9.46. The van der Waals surface area contributed by atoms with Crippen molar-refractivity contribution < 1.29 is 4.79 Å². The molecule has 140 valence electrons. The molecule has 0 fully saturated rings. The zero-order chi connectivity index (χ0) is 19.8. The molecule has 1 heterocycles. The summed E-state index contributed by atoms with van der Waals surface area (Å²) in [5.74, 6) is -0.228. The lowest BCUT2D eigenvalue weighted by atomic mass is 10.1. The van der Waals surface area contributed by atoms with Gasteiger partial charge in [-0.05, 0) is 49.4 Å². The van der Waals surface area contributed by atoms with Gasteiger partial charge < -0.3 is 9.88 Å². The topological polar surface area (TPSA) is 51.1 Å². The molecule has 0 saturated carbocycles. The molecule has 4 nitrogen and oxygen atoms in total. The van der Waals surface area contributed by atoms with Crippen molar-refractivity contribution in [2.24, 2.45) is 0 Å². The number of rotatable bonds is 3. The summed E-state index contributed by atoms with van der Waals surface area (Å²) in [6.45, 7) is 2.00. The summed E-state index contributed by atoms with van der Waals surface area (Å²) in [7, 11) is 0. The Kier molecular flexibility index (Phi) is 4.84. The minimum atomic E-state index is -0.228. The number of anilines is 1. The number of carbonyl (C=O) groups is 1. The van der Waals surface area contributed by atoms with Crippen LogP contribution in [0.4, 0.5) is 5.69 Å². The van der Waals surface area contributed by atoms with Gasteiger partial charge in [-0.25, -0.2) is 0 Å². The van der Waals surface area contributed by atoms with Crippen molar-refractivity contribution in [3.05, 3.63) is 86.5 Å². The highest BCUT2D eigenvalue weighted by Crippen LogP contribution is 2.25. The molecule has 0 atom stereocenters. The molecule has 4 rings (SSSR count). The van der Waals surface area contributed by atoms with E-state index in [0.29, 0.717) is 32.0 Å². The Labute approximate surface area is 171 Å². The Morgan fingerprint density at radius 3 is 2.46 bits per heavy atom. The van der Waals surface area contributed by atoms with Crippen molar-refractivity contribution in [2.75, 3.05) is 5.32 Å². The summed E-state index contributed by atoms with van der Waals surface area (Å²) >= 11 is 11.9. The molecule has 0 unspecified atom stereocenters. The molecule has 0 bridgehead atoms. The zero-order valence-electron chi connectivity index (χ0n) is 15.0. The normalized spacial score (nSPS) is 11.1. The first-order valence-electron chi connectivity index (χ1n) is 8.71. The molecule has 1 aromatic heterocycles. The molecule has 0 aliphatic heterocycles. The van der Waals surface area contributed by atoms with Crippen LogP contribution < -0.4 is 10.7 Å². The number of nitrogens with zero attached hydrogens (tertiary/aromatic N) is 1. The number of fused-ring (bicyclic) bond motifs is 2. The van der Waals surface area contributed by atoms with Crippen LogP contribution in [0.3, 0.4) is 0 Å². The minimum Gasteiger partial charge on any atom is -0.331 e. The molecule has 0 radical (unpaired) electrons. The second-order valence-electron chi connectivity index (χ2n) is 6.63. The number of para-hydroxylation sites is 1.